The van der Waals surface area contributed by atoms with Crippen LogP contribution in [0.2, 0.25) is 0 Å². The molecule has 144 valence electrons. The smallest absolute Gasteiger partial charge is 0.336 e. The highest BCUT2D eigenvalue weighted by molar-refractivity contribution is 6.00. The Morgan fingerprint density at radius 1 is 1.00 bits per heavy atom. The average molecular weight is 373 g/mol. The minimum absolute atomic E-state index is 0.143. The van der Waals surface area contributed by atoms with E-state index < -0.39 is 17.9 Å². The third-order valence-electron chi connectivity index (χ3n) is 4.48. The third-order valence-corrected chi connectivity index (χ3v) is 4.48. The lowest BCUT2D eigenvalue weighted by Gasteiger charge is -2.30. The van der Waals surface area contributed by atoms with Crippen molar-refractivity contribution < 1.29 is 28.5 Å². The summed E-state index contributed by atoms with van der Waals surface area (Å²) in [5.74, 6) is -0.366. The van der Waals surface area contributed by atoms with E-state index in [0.29, 0.717) is 34.0 Å². The molecule has 0 fully saturated rings. The lowest BCUT2D eigenvalue weighted by molar-refractivity contribution is -0.139. The Balaban J connectivity index is 2.14. The maximum absolute atomic E-state index is 12.7. The Bertz CT molecular complexity index is 799. The Hall–Kier alpha value is -2.96. The summed E-state index contributed by atoms with van der Waals surface area (Å²) in [4.78, 5) is 25.4. The predicted molar refractivity (Wildman–Crippen MR) is 97.1 cm³/mol. The van der Waals surface area contributed by atoms with Gasteiger partial charge >= 0.3 is 11.9 Å². The molecule has 7 nitrogen and oxygen atoms in total. The molecule has 0 atom stereocenters. The molecule has 0 radical (unpaired) electrons. The van der Waals surface area contributed by atoms with Crippen LogP contribution in [0.15, 0.2) is 40.7 Å². The van der Waals surface area contributed by atoms with Crippen LogP contribution in [0.3, 0.4) is 0 Å². The van der Waals surface area contributed by atoms with Gasteiger partial charge < -0.3 is 24.3 Å². The second-order valence-electron chi connectivity index (χ2n) is 6.19. The fraction of sp³-hybridized carbons (Fsp3) is 0.400. The number of dihydropyridines is 1. The summed E-state index contributed by atoms with van der Waals surface area (Å²) in [6.45, 7) is 7.68. The van der Waals surface area contributed by atoms with E-state index in [1.807, 2.05) is 6.07 Å². The molecule has 0 saturated heterocycles. The molecule has 0 aromatic heterocycles. The number of rotatable bonds is 5. The van der Waals surface area contributed by atoms with Crippen molar-refractivity contribution in [3.8, 4) is 11.5 Å². The molecule has 2 aliphatic heterocycles. The molecule has 1 aromatic carbocycles. The van der Waals surface area contributed by atoms with Crippen LogP contribution in [0, 0.1) is 0 Å². The standard InChI is InChI=1S/C20H23NO6/c1-5-24-19(22)16-11(3)21-12(4)17(20(23)25-6-2)18(16)13-7-8-14-15(9-13)27-10-26-14/h7-9,18,21H,5-6,10H2,1-4H3. The van der Waals surface area contributed by atoms with Crippen molar-refractivity contribution >= 4 is 11.9 Å². The van der Waals surface area contributed by atoms with E-state index in [2.05, 4.69) is 5.32 Å². The maximum atomic E-state index is 12.7. The highest BCUT2D eigenvalue weighted by Crippen LogP contribution is 2.42. The minimum atomic E-state index is -0.626. The summed E-state index contributed by atoms with van der Waals surface area (Å²) in [5.41, 5.74) is 2.77. The van der Waals surface area contributed by atoms with Crippen LogP contribution in [0.1, 0.15) is 39.2 Å². The zero-order chi connectivity index (χ0) is 19.6. The first-order valence-corrected chi connectivity index (χ1v) is 8.90. The predicted octanol–water partition coefficient (Wildman–Crippen LogP) is 2.78. The van der Waals surface area contributed by atoms with Gasteiger partial charge in [0.15, 0.2) is 11.5 Å². The molecule has 7 heteroatoms. The van der Waals surface area contributed by atoms with E-state index in [0.717, 1.165) is 5.56 Å². The monoisotopic (exact) mass is 373 g/mol. The van der Waals surface area contributed by atoms with Crippen molar-refractivity contribution in [3.63, 3.8) is 0 Å². The normalized spacial score (nSPS) is 16.3. The average Bonchev–Trinajstić information content (AvgIpc) is 3.08. The molecular weight excluding hydrogens is 350 g/mol. The number of fused-ring (bicyclic) bond motifs is 1. The molecular formula is C20H23NO6. The number of esters is 2. The highest BCUT2D eigenvalue weighted by atomic mass is 16.7. The van der Waals surface area contributed by atoms with Crippen LogP contribution in [0.5, 0.6) is 11.5 Å². The first-order chi connectivity index (χ1) is 13.0. The Morgan fingerprint density at radius 3 is 2.11 bits per heavy atom. The molecule has 2 heterocycles. The van der Waals surface area contributed by atoms with Gasteiger partial charge in [-0.25, -0.2) is 9.59 Å². The van der Waals surface area contributed by atoms with Gasteiger partial charge in [-0.15, -0.1) is 0 Å². The van der Waals surface area contributed by atoms with E-state index in [4.69, 9.17) is 18.9 Å². The largest absolute Gasteiger partial charge is 0.463 e. The quantitative estimate of drug-likeness (QED) is 0.795. The summed E-state index contributed by atoms with van der Waals surface area (Å²) in [6.07, 6.45) is 0. The van der Waals surface area contributed by atoms with Crippen molar-refractivity contribution in [3.05, 3.63) is 46.3 Å². The number of ether oxygens (including phenoxy) is 4. The Labute approximate surface area is 157 Å². The fourth-order valence-electron chi connectivity index (χ4n) is 3.38. The van der Waals surface area contributed by atoms with Gasteiger partial charge in [-0.1, -0.05) is 6.07 Å². The molecule has 3 rings (SSSR count). The van der Waals surface area contributed by atoms with Gasteiger partial charge in [0, 0.05) is 11.4 Å². The van der Waals surface area contributed by atoms with E-state index in [-0.39, 0.29) is 20.0 Å². The number of hydrogen-bond donors (Lipinski definition) is 1. The number of nitrogens with one attached hydrogen (secondary N) is 1. The van der Waals surface area contributed by atoms with Crippen molar-refractivity contribution in [1.82, 2.24) is 5.32 Å². The lowest BCUT2D eigenvalue weighted by Crippen LogP contribution is -2.32. The summed E-state index contributed by atoms with van der Waals surface area (Å²) in [6, 6.07) is 5.38. The summed E-state index contributed by atoms with van der Waals surface area (Å²) in [7, 11) is 0. The lowest BCUT2D eigenvalue weighted by atomic mass is 9.80. The Morgan fingerprint density at radius 2 is 1.56 bits per heavy atom. The van der Waals surface area contributed by atoms with Gasteiger partial charge in [0.25, 0.3) is 0 Å². The summed E-state index contributed by atoms with van der Waals surface area (Å²) < 4.78 is 21.3. The Kier molecular flexibility index (Phi) is 5.39. The van der Waals surface area contributed by atoms with E-state index in [1.54, 1.807) is 39.8 Å². The fourth-order valence-corrected chi connectivity index (χ4v) is 3.38. The van der Waals surface area contributed by atoms with Gasteiger partial charge in [0.2, 0.25) is 6.79 Å². The van der Waals surface area contributed by atoms with E-state index >= 15 is 0 Å². The van der Waals surface area contributed by atoms with Crippen molar-refractivity contribution in [1.29, 1.82) is 0 Å². The third kappa shape index (κ3) is 3.49. The van der Waals surface area contributed by atoms with Crippen molar-refractivity contribution in [2.75, 3.05) is 20.0 Å². The van der Waals surface area contributed by atoms with Crippen LogP contribution in [-0.2, 0) is 19.1 Å². The molecule has 27 heavy (non-hydrogen) atoms. The zero-order valence-corrected chi connectivity index (χ0v) is 15.9. The van der Waals surface area contributed by atoms with Gasteiger partial charge in [-0.05, 0) is 45.4 Å². The van der Waals surface area contributed by atoms with Crippen molar-refractivity contribution in [2.24, 2.45) is 0 Å². The van der Waals surface area contributed by atoms with Crippen LogP contribution < -0.4 is 14.8 Å². The number of carbonyl (C=O) groups excluding carboxylic acids is 2. The summed E-state index contributed by atoms with van der Waals surface area (Å²) in [5, 5.41) is 3.11. The molecule has 1 N–H and O–H groups in total. The van der Waals surface area contributed by atoms with Gasteiger partial charge in [-0.2, -0.15) is 0 Å². The van der Waals surface area contributed by atoms with Gasteiger partial charge in [-0.3, -0.25) is 0 Å². The molecule has 0 bridgehead atoms. The summed E-state index contributed by atoms with van der Waals surface area (Å²) >= 11 is 0. The molecule has 1 aromatic rings. The molecule has 0 aliphatic carbocycles. The van der Waals surface area contributed by atoms with Crippen LogP contribution in [-0.4, -0.2) is 31.9 Å². The zero-order valence-electron chi connectivity index (χ0n) is 15.9. The second kappa shape index (κ2) is 7.73. The molecule has 0 unspecified atom stereocenters. The maximum Gasteiger partial charge on any atom is 0.336 e. The van der Waals surface area contributed by atoms with E-state index in [1.165, 1.54) is 0 Å². The number of benzene rings is 1. The van der Waals surface area contributed by atoms with Crippen LogP contribution in [0.25, 0.3) is 0 Å². The highest BCUT2D eigenvalue weighted by Gasteiger charge is 2.38. The molecule has 2 aliphatic rings. The SMILES string of the molecule is CCOC(=O)C1=C(C)NC(C)=C(C(=O)OCC)C1c1ccc2c(c1)OCO2. The first kappa shape index (κ1) is 18.8. The second-order valence-corrected chi connectivity index (χ2v) is 6.19. The topological polar surface area (TPSA) is 83.1 Å². The minimum Gasteiger partial charge on any atom is -0.463 e. The first-order valence-electron chi connectivity index (χ1n) is 8.90. The van der Waals surface area contributed by atoms with Crippen LogP contribution >= 0.6 is 0 Å². The van der Waals surface area contributed by atoms with Crippen molar-refractivity contribution in [2.45, 2.75) is 33.6 Å². The van der Waals surface area contributed by atoms with Crippen LogP contribution in [0.4, 0.5) is 0 Å². The number of hydrogen-bond acceptors (Lipinski definition) is 7. The molecule has 0 spiro atoms. The van der Waals surface area contributed by atoms with E-state index in [9.17, 15) is 9.59 Å². The van der Waals surface area contributed by atoms with Gasteiger partial charge in [0.1, 0.15) is 0 Å². The molecule has 0 saturated carbocycles. The van der Waals surface area contributed by atoms with Gasteiger partial charge in [0.05, 0.1) is 30.3 Å². The number of carbonyl (C=O) groups is 2. The molecule has 0 amide bonds. The number of allylic oxidation sites excluding steroid dienone is 2.